The van der Waals surface area contributed by atoms with Crippen molar-refractivity contribution < 1.29 is 4.79 Å². The Hall–Kier alpha value is -2.36. The number of aryl methyl sites for hydroxylation is 2. The van der Waals surface area contributed by atoms with Crippen LogP contribution >= 0.6 is 0 Å². The molecule has 0 bridgehead atoms. The summed E-state index contributed by atoms with van der Waals surface area (Å²) in [6.45, 7) is 5.85. The highest BCUT2D eigenvalue weighted by atomic mass is 16.2. The lowest BCUT2D eigenvalue weighted by molar-refractivity contribution is 0.0792. The van der Waals surface area contributed by atoms with Crippen LogP contribution in [0.4, 0.5) is 11.4 Å². The van der Waals surface area contributed by atoms with Gasteiger partial charge in [0.1, 0.15) is 0 Å². The minimum Gasteiger partial charge on any atom is -0.354 e. The Kier molecular flexibility index (Phi) is 4.09. The van der Waals surface area contributed by atoms with Gasteiger partial charge in [0.25, 0.3) is 5.91 Å². The first-order valence-corrected chi connectivity index (χ1v) is 7.73. The lowest BCUT2D eigenvalue weighted by Gasteiger charge is -2.16. The van der Waals surface area contributed by atoms with Crippen molar-refractivity contribution in [3.8, 4) is 0 Å². The van der Waals surface area contributed by atoms with Gasteiger partial charge in [0.15, 0.2) is 0 Å². The van der Waals surface area contributed by atoms with Crippen molar-refractivity contribution in [2.45, 2.75) is 26.7 Å². The summed E-state index contributed by atoms with van der Waals surface area (Å²) in [6, 6.07) is 8.07. The lowest BCUT2D eigenvalue weighted by atomic mass is 10.1. The van der Waals surface area contributed by atoms with Gasteiger partial charge in [-0.3, -0.25) is 9.78 Å². The van der Waals surface area contributed by atoms with Crippen LogP contribution in [0.1, 0.15) is 34.3 Å². The highest BCUT2D eigenvalue weighted by Crippen LogP contribution is 2.24. The van der Waals surface area contributed by atoms with Gasteiger partial charge in [0.05, 0.1) is 17.4 Å². The third-order valence-electron chi connectivity index (χ3n) is 4.13. The van der Waals surface area contributed by atoms with E-state index < -0.39 is 0 Å². The van der Waals surface area contributed by atoms with Crippen LogP contribution in [0, 0.1) is 13.8 Å². The summed E-state index contributed by atoms with van der Waals surface area (Å²) in [7, 11) is 0. The van der Waals surface area contributed by atoms with Crippen LogP contribution in [-0.2, 0) is 0 Å². The fraction of sp³-hybridized carbons (Fsp3) is 0.333. The molecule has 1 fully saturated rings. The highest BCUT2D eigenvalue weighted by Gasteiger charge is 2.20. The topological polar surface area (TPSA) is 45.2 Å². The summed E-state index contributed by atoms with van der Waals surface area (Å²) < 4.78 is 0. The van der Waals surface area contributed by atoms with E-state index in [1.165, 1.54) is 11.1 Å². The first-order chi connectivity index (χ1) is 10.6. The predicted octanol–water partition coefficient (Wildman–Crippen LogP) is 3.68. The van der Waals surface area contributed by atoms with E-state index in [-0.39, 0.29) is 5.91 Å². The number of benzene rings is 1. The number of para-hydroxylation sites is 1. The van der Waals surface area contributed by atoms with Crippen LogP contribution in [0.5, 0.6) is 0 Å². The molecule has 1 N–H and O–H groups in total. The fourth-order valence-electron chi connectivity index (χ4n) is 2.88. The fourth-order valence-corrected chi connectivity index (χ4v) is 2.88. The summed E-state index contributed by atoms with van der Waals surface area (Å²) >= 11 is 0. The first-order valence-electron chi connectivity index (χ1n) is 7.73. The molecule has 1 saturated heterocycles. The number of nitrogens with zero attached hydrogens (tertiary/aromatic N) is 2. The number of nitrogens with one attached hydrogen (secondary N) is 1. The minimum atomic E-state index is 0.0788. The average Bonchev–Trinajstić information content (AvgIpc) is 3.05. The Bertz CT molecular complexity index is 670. The summed E-state index contributed by atoms with van der Waals surface area (Å²) in [5, 5.41) is 3.39. The smallest absolute Gasteiger partial charge is 0.255 e. The third-order valence-corrected chi connectivity index (χ3v) is 4.13. The standard InChI is InChI=1S/C18H21N3O/c1-13-6-5-7-14(2)17(13)20-16-10-15(11-19-12-16)18(22)21-8-3-4-9-21/h5-7,10-12,20H,3-4,8-9H2,1-2H3. The summed E-state index contributed by atoms with van der Waals surface area (Å²) in [5.74, 6) is 0.0788. The second-order valence-corrected chi connectivity index (χ2v) is 5.85. The van der Waals surface area contributed by atoms with E-state index in [4.69, 9.17) is 0 Å². The van der Waals surface area contributed by atoms with E-state index in [1.807, 2.05) is 17.0 Å². The molecule has 2 heterocycles. The van der Waals surface area contributed by atoms with Crippen molar-refractivity contribution in [1.82, 2.24) is 9.88 Å². The van der Waals surface area contributed by atoms with Crippen LogP contribution in [0.15, 0.2) is 36.7 Å². The first kappa shape index (κ1) is 14.6. The number of carbonyl (C=O) groups is 1. The van der Waals surface area contributed by atoms with Gasteiger partial charge in [-0.05, 0) is 43.9 Å². The molecule has 4 heteroatoms. The maximum atomic E-state index is 12.4. The van der Waals surface area contributed by atoms with Gasteiger partial charge in [-0.1, -0.05) is 18.2 Å². The van der Waals surface area contributed by atoms with Gasteiger partial charge < -0.3 is 10.2 Å². The molecule has 0 spiro atoms. The molecule has 3 rings (SSSR count). The molecule has 22 heavy (non-hydrogen) atoms. The number of aromatic nitrogens is 1. The van der Waals surface area contributed by atoms with Gasteiger partial charge >= 0.3 is 0 Å². The molecule has 1 aliphatic rings. The minimum absolute atomic E-state index is 0.0788. The highest BCUT2D eigenvalue weighted by molar-refractivity contribution is 5.95. The van der Waals surface area contributed by atoms with Crippen molar-refractivity contribution in [3.05, 3.63) is 53.3 Å². The summed E-state index contributed by atoms with van der Waals surface area (Å²) in [4.78, 5) is 18.6. The zero-order valence-corrected chi connectivity index (χ0v) is 13.1. The van der Waals surface area contributed by atoms with Gasteiger partial charge in [-0.15, -0.1) is 0 Å². The number of rotatable bonds is 3. The largest absolute Gasteiger partial charge is 0.354 e. The maximum absolute atomic E-state index is 12.4. The molecule has 1 aromatic carbocycles. The Labute approximate surface area is 131 Å². The zero-order chi connectivity index (χ0) is 15.5. The number of likely N-dealkylation sites (tertiary alicyclic amines) is 1. The number of anilines is 2. The third kappa shape index (κ3) is 2.96. The number of carbonyl (C=O) groups excluding carboxylic acids is 1. The molecule has 0 radical (unpaired) electrons. The van der Waals surface area contributed by atoms with Crippen molar-refractivity contribution in [2.75, 3.05) is 18.4 Å². The number of hydrogen-bond donors (Lipinski definition) is 1. The van der Waals surface area contributed by atoms with E-state index in [9.17, 15) is 4.79 Å². The molecule has 4 nitrogen and oxygen atoms in total. The van der Waals surface area contributed by atoms with Crippen molar-refractivity contribution in [2.24, 2.45) is 0 Å². The molecule has 114 valence electrons. The van der Waals surface area contributed by atoms with Gasteiger partial charge in [-0.2, -0.15) is 0 Å². The molecule has 0 atom stereocenters. The second-order valence-electron chi connectivity index (χ2n) is 5.85. The number of hydrogen-bond acceptors (Lipinski definition) is 3. The summed E-state index contributed by atoms with van der Waals surface area (Å²) in [5.41, 5.74) is 4.93. The lowest BCUT2D eigenvalue weighted by Crippen LogP contribution is -2.27. The van der Waals surface area contributed by atoms with Gasteiger partial charge in [0.2, 0.25) is 0 Å². The van der Waals surface area contributed by atoms with Crippen LogP contribution < -0.4 is 5.32 Å². The number of amides is 1. The predicted molar refractivity (Wildman–Crippen MR) is 88.6 cm³/mol. The van der Waals surface area contributed by atoms with Gasteiger partial charge in [0, 0.05) is 25.0 Å². The molecule has 0 unspecified atom stereocenters. The Balaban J connectivity index is 1.83. The van der Waals surface area contributed by atoms with Crippen LogP contribution in [0.3, 0.4) is 0 Å². The normalized spacial score (nSPS) is 14.2. The zero-order valence-electron chi connectivity index (χ0n) is 13.1. The summed E-state index contributed by atoms with van der Waals surface area (Å²) in [6.07, 6.45) is 5.60. The van der Waals surface area contributed by atoms with Gasteiger partial charge in [-0.25, -0.2) is 0 Å². The average molecular weight is 295 g/mol. The Morgan fingerprint density at radius 1 is 1.14 bits per heavy atom. The van der Waals surface area contributed by atoms with E-state index >= 15 is 0 Å². The maximum Gasteiger partial charge on any atom is 0.255 e. The molecule has 0 saturated carbocycles. The van der Waals surface area contributed by atoms with Crippen molar-refractivity contribution >= 4 is 17.3 Å². The molecular formula is C18H21N3O. The molecule has 1 aromatic heterocycles. The molecule has 2 aromatic rings. The van der Waals surface area contributed by atoms with Crippen LogP contribution in [-0.4, -0.2) is 28.9 Å². The molecule has 0 aliphatic carbocycles. The molecule has 1 amide bonds. The molecule has 1 aliphatic heterocycles. The van der Waals surface area contributed by atoms with E-state index in [0.717, 1.165) is 37.3 Å². The Morgan fingerprint density at radius 3 is 2.50 bits per heavy atom. The van der Waals surface area contributed by atoms with E-state index in [2.05, 4.69) is 36.3 Å². The SMILES string of the molecule is Cc1cccc(C)c1Nc1cncc(C(=O)N2CCCC2)c1. The van der Waals surface area contributed by atoms with E-state index in [0.29, 0.717) is 5.56 Å². The number of pyridine rings is 1. The monoisotopic (exact) mass is 295 g/mol. The second kappa shape index (κ2) is 6.18. The van der Waals surface area contributed by atoms with Crippen LogP contribution in [0.2, 0.25) is 0 Å². The molecular weight excluding hydrogens is 274 g/mol. The Morgan fingerprint density at radius 2 is 1.82 bits per heavy atom. The van der Waals surface area contributed by atoms with Crippen molar-refractivity contribution in [3.63, 3.8) is 0 Å². The van der Waals surface area contributed by atoms with Crippen molar-refractivity contribution in [1.29, 1.82) is 0 Å². The quantitative estimate of drug-likeness (QED) is 0.939. The van der Waals surface area contributed by atoms with Crippen LogP contribution in [0.25, 0.3) is 0 Å². The van der Waals surface area contributed by atoms with E-state index in [1.54, 1.807) is 12.4 Å².